The zero-order valence-electron chi connectivity index (χ0n) is 18.9. The van der Waals surface area contributed by atoms with Crippen LogP contribution in [0.15, 0.2) is 84.9 Å². The van der Waals surface area contributed by atoms with E-state index in [1.54, 1.807) is 0 Å². The van der Waals surface area contributed by atoms with Crippen LogP contribution in [0.4, 0.5) is 0 Å². The summed E-state index contributed by atoms with van der Waals surface area (Å²) in [5.74, 6) is -1.41. The number of ether oxygens (including phenoxy) is 2. The number of esters is 2. The van der Waals surface area contributed by atoms with Gasteiger partial charge < -0.3 is 9.47 Å². The Kier molecular flexibility index (Phi) is 7.82. The Bertz CT molecular complexity index is 1000. The first-order valence-corrected chi connectivity index (χ1v) is 10.9. The van der Waals surface area contributed by atoms with Gasteiger partial charge in [-0.15, -0.1) is 0 Å². The van der Waals surface area contributed by atoms with Crippen molar-refractivity contribution in [2.24, 2.45) is 5.92 Å². The van der Waals surface area contributed by atoms with Crippen molar-refractivity contribution in [1.82, 2.24) is 0 Å². The van der Waals surface area contributed by atoms with Crippen molar-refractivity contribution >= 4 is 11.9 Å². The van der Waals surface area contributed by atoms with E-state index in [2.05, 4.69) is 12.1 Å². The highest BCUT2D eigenvalue weighted by Crippen LogP contribution is 2.23. The fourth-order valence-electron chi connectivity index (χ4n) is 3.42. The van der Waals surface area contributed by atoms with Crippen molar-refractivity contribution in [3.05, 3.63) is 96.1 Å². The molecule has 166 valence electrons. The first-order valence-electron chi connectivity index (χ1n) is 10.9. The monoisotopic (exact) mass is 430 g/mol. The molecule has 0 saturated carbocycles. The van der Waals surface area contributed by atoms with Crippen molar-refractivity contribution in [3.63, 3.8) is 0 Å². The lowest BCUT2D eigenvalue weighted by atomic mass is 9.94. The first kappa shape index (κ1) is 23.3. The van der Waals surface area contributed by atoms with E-state index < -0.39 is 23.5 Å². The Hall–Kier alpha value is -3.40. The van der Waals surface area contributed by atoms with E-state index in [1.807, 2.05) is 93.6 Å². The number of hydrogen-bond donors (Lipinski definition) is 0. The summed E-state index contributed by atoms with van der Waals surface area (Å²) >= 11 is 0. The summed E-state index contributed by atoms with van der Waals surface area (Å²) in [6, 6.07) is 27.7. The molecule has 32 heavy (non-hydrogen) atoms. The molecule has 3 aromatic rings. The van der Waals surface area contributed by atoms with E-state index in [0.717, 1.165) is 22.3 Å². The first-order chi connectivity index (χ1) is 15.3. The summed E-state index contributed by atoms with van der Waals surface area (Å²) in [6.07, 6.45) is 0.382. The lowest BCUT2D eigenvalue weighted by Crippen LogP contribution is -2.29. The van der Waals surface area contributed by atoms with E-state index in [-0.39, 0.29) is 13.0 Å². The maximum atomic E-state index is 12.9. The van der Waals surface area contributed by atoms with Crippen molar-refractivity contribution in [2.45, 2.75) is 45.8 Å². The molecule has 3 rings (SSSR count). The molecule has 3 aromatic carbocycles. The zero-order valence-corrected chi connectivity index (χ0v) is 18.9. The van der Waals surface area contributed by atoms with Gasteiger partial charge in [-0.05, 0) is 49.4 Å². The van der Waals surface area contributed by atoms with E-state index >= 15 is 0 Å². The Labute approximate surface area is 190 Å². The fraction of sp³-hybridized carbons (Fsp3) is 0.286. The van der Waals surface area contributed by atoms with E-state index in [4.69, 9.17) is 9.47 Å². The summed E-state index contributed by atoms with van der Waals surface area (Å²) in [6.45, 7) is 5.62. The van der Waals surface area contributed by atoms with E-state index in [0.29, 0.717) is 6.42 Å². The summed E-state index contributed by atoms with van der Waals surface area (Å²) in [5, 5.41) is 0. The minimum atomic E-state index is -0.615. The van der Waals surface area contributed by atoms with Gasteiger partial charge in [0.15, 0.2) is 0 Å². The van der Waals surface area contributed by atoms with Crippen molar-refractivity contribution in [1.29, 1.82) is 0 Å². The van der Waals surface area contributed by atoms with Crippen molar-refractivity contribution in [3.8, 4) is 11.1 Å². The third-order valence-corrected chi connectivity index (χ3v) is 4.93. The molecule has 1 unspecified atom stereocenters. The topological polar surface area (TPSA) is 52.6 Å². The van der Waals surface area contributed by atoms with Gasteiger partial charge in [0, 0.05) is 0 Å². The third-order valence-electron chi connectivity index (χ3n) is 4.93. The number of hydrogen-bond acceptors (Lipinski definition) is 4. The molecule has 0 spiro atoms. The van der Waals surface area contributed by atoms with Crippen LogP contribution in [-0.4, -0.2) is 17.5 Å². The number of benzene rings is 3. The summed E-state index contributed by atoms with van der Waals surface area (Å²) in [4.78, 5) is 25.3. The number of carbonyl (C=O) groups is 2. The lowest BCUT2D eigenvalue weighted by Gasteiger charge is -2.22. The molecule has 0 heterocycles. The predicted octanol–water partition coefficient (Wildman–Crippen LogP) is 5.99. The SMILES string of the molecule is CC(C)(C)OC(=O)CC(Cc1ccc(-c2ccccc2)cc1)C(=O)OCc1ccccc1. The highest BCUT2D eigenvalue weighted by Gasteiger charge is 2.27. The predicted molar refractivity (Wildman–Crippen MR) is 126 cm³/mol. The average Bonchev–Trinajstić information content (AvgIpc) is 2.77. The standard InChI is InChI=1S/C28H30O4/c1-28(2,3)32-26(29)19-25(27(30)31-20-22-10-6-4-7-11-22)18-21-14-16-24(17-15-21)23-12-8-5-9-13-23/h4-17,25H,18-20H2,1-3H3. The molecule has 0 aliphatic carbocycles. The Balaban J connectivity index is 1.70. The Morgan fingerprint density at radius 3 is 1.91 bits per heavy atom. The van der Waals surface area contributed by atoms with Gasteiger partial charge >= 0.3 is 11.9 Å². The lowest BCUT2D eigenvalue weighted by molar-refractivity contribution is -0.162. The zero-order chi connectivity index (χ0) is 23.0. The van der Waals surface area contributed by atoms with Crippen LogP contribution in [0, 0.1) is 5.92 Å². The van der Waals surface area contributed by atoms with Gasteiger partial charge in [0.25, 0.3) is 0 Å². The second-order valence-corrected chi connectivity index (χ2v) is 8.85. The van der Waals surface area contributed by atoms with Gasteiger partial charge in [0.05, 0.1) is 12.3 Å². The van der Waals surface area contributed by atoms with Gasteiger partial charge in [-0.3, -0.25) is 9.59 Å². The molecule has 0 bridgehead atoms. The van der Waals surface area contributed by atoms with Crippen molar-refractivity contribution in [2.75, 3.05) is 0 Å². The van der Waals surface area contributed by atoms with Crippen LogP contribution in [0.2, 0.25) is 0 Å². The summed E-state index contributed by atoms with van der Waals surface area (Å²) in [5.41, 5.74) is 3.50. The van der Waals surface area contributed by atoms with Gasteiger partial charge in [0.1, 0.15) is 12.2 Å². The molecule has 0 saturated heterocycles. The van der Waals surface area contributed by atoms with Gasteiger partial charge in [0.2, 0.25) is 0 Å². The molecule has 0 aliphatic rings. The third kappa shape index (κ3) is 7.38. The van der Waals surface area contributed by atoms with Crippen LogP contribution in [0.3, 0.4) is 0 Å². The minimum absolute atomic E-state index is 0.0225. The maximum absolute atomic E-state index is 12.9. The average molecular weight is 431 g/mol. The molecular formula is C28H30O4. The maximum Gasteiger partial charge on any atom is 0.310 e. The summed E-state index contributed by atoms with van der Waals surface area (Å²) < 4.78 is 11.0. The van der Waals surface area contributed by atoms with Crippen LogP contribution < -0.4 is 0 Å². The molecule has 1 atom stereocenters. The molecule has 0 fully saturated rings. The molecule has 4 heteroatoms. The second kappa shape index (κ2) is 10.8. The number of rotatable bonds is 8. The van der Waals surface area contributed by atoms with Crippen molar-refractivity contribution < 1.29 is 19.1 Å². The minimum Gasteiger partial charge on any atom is -0.461 e. The van der Waals surface area contributed by atoms with Crippen LogP contribution in [0.1, 0.15) is 38.3 Å². The highest BCUT2D eigenvalue weighted by atomic mass is 16.6. The molecule has 4 nitrogen and oxygen atoms in total. The molecule has 0 N–H and O–H groups in total. The van der Waals surface area contributed by atoms with Crippen LogP contribution >= 0.6 is 0 Å². The summed E-state index contributed by atoms with van der Waals surface area (Å²) in [7, 11) is 0. The molecule has 0 aromatic heterocycles. The second-order valence-electron chi connectivity index (χ2n) is 8.85. The van der Waals surface area contributed by atoms with E-state index in [9.17, 15) is 9.59 Å². The molecule has 0 radical (unpaired) electrons. The van der Waals surface area contributed by atoms with E-state index in [1.165, 1.54) is 0 Å². The number of carbonyl (C=O) groups excluding carboxylic acids is 2. The normalized spacial score (nSPS) is 12.1. The van der Waals surface area contributed by atoms with Gasteiger partial charge in [-0.2, -0.15) is 0 Å². The molecular weight excluding hydrogens is 400 g/mol. The quantitative estimate of drug-likeness (QED) is 0.412. The van der Waals surface area contributed by atoms with Crippen LogP contribution in [0.5, 0.6) is 0 Å². The molecule has 0 aliphatic heterocycles. The smallest absolute Gasteiger partial charge is 0.310 e. The highest BCUT2D eigenvalue weighted by molar-refractivity contribution is 5.80. The van der Waals surface area contributed by atoms with Gasteiger partial charge in [-0.1, -0.05) is 84.9 Å². The van der Waals surface area contributed by atoms with Gasteiger partial charge in [-0.25, -0.2) is 0 Å². The van der Waals surface area contributed by atoms with Crippen LogP contribution in [0.25, 0.3) is 11.1 Å². The Morgan fingerprint density at radius 1 is 0.750 bits per heavy atom. The molecule has 0 amide bonds. The fourth-order valence-corrected chi connectivity index (χ4v) is 3.42. The Morgan fingerprint density at radius 2 is 1.31 bits per heavy atom. The van der Waals surface area contributed by atoms with Crippen LogP contribution in [-0.2, 0) is 32.1 Å². The largest absolute Gasteiger partial charge is 0.461 e.